The average Bonchev–Trinajstić information content (AvgIpc) is 3.36. The van der Waals surface area contributed by atoms with Gasteiger partial charge in [0.1, 0.15) is 5.75 Å². The predicted octanol–water partition coefficient (Wildman–Crippen LogP) is 5.72. The molecule has 0 spiro atoms. The normalized spacial score (nSPS) is 14.3. The third kappa shape index (κ3) is 5.69. The molecule has 1 aliphatic heterocycles. The minimum absolute atomic E-state index is 0.137. The van der Waals surface area contributed by atoms with Crippen LogP contribution in [-0.2, 0) is 16.6 Å². The molecule has 1 aliphatic rings. The Kier molecular flexibility index (Phi) is 7.55. The number of ether oxygens (including phenoxy) is 1. The maximum absolute atomic E-state index is 13.2. The van der Waals surface area contributed by atoms with E-state index in [9.17, 15) is 13.2 Å². The molecule has 4 aromatic rings. The van der Waals surface area contributed by atoms with Crippen molar-refractivity contribution >= 4 is 42.7 Å². The molecule has 0 radical (unpaired) electrons. The summed E-state index contributed by atoms with van der Waals surface area (Å²) >= 11 is 1.60. The van der Waals surface area contributed by atoms with Crippen LogP contribution in [0.3, 0.4) is 0 Å². The Morgan fingerprint density at radius 2 is 1.73 bits per heavy atom. The van der Waals surface area contributed by atoms with Crippen LogP contribution in [0.2, 0.25) is 0 Å². The highest BCUT2D eigenvalue weighted by atomic mass is 32.2. The Hall–Kier alpha value is -3.27. The predicted molar refractivity (Wildman–Crippen MR) is 147 cm³/mol. The molecule has 0 saturated carbocycles. The number of thiazole rings is 1. The zero-order valence-electron chi connectivity index (χ0n) is 20.7. The molecule has 1 fully saturated rings. The van der Waals surface area contributed by atoms with Crippen molar-refractivity contribution in [2.24, 2.45) is 0 Å². The third-order valence-corrected chi connectivity index (χ3v) is 9.48. The van der Waals surface area contributed by atoms with E-state index in [0.717, 1.165) is 34.0 Å². The van der Waals surface area contributed by atoms with Gasteiger partial charge in [0, 0.05) is 32.2 Å². The van der Waals surface area contributed by atoms with Gasteiger partial charge in [0.25, 0.3) is 0 Å². The summed E-state index contributed by atoms with van der Waals surface area (Å²) in [6.45, 7) is 4.47. The molecular formula is C28H29N3O4S2. The highest BCUT2D eigenvalue weighted by Gasteiger charge is 2.24. The number of fused-ring (bicyclic) bond motifs is 1. The maximum Gasteiger partial charge on any atom is 0.343 e. The Morgan fingerprint density at radius 3 is 2.43 bits per heavy atom. The zero-order valence-corrected chi connectivity index (χ0v) is 22.3. The topological polar surface area (TPSA) is 79.8 Å². The molecule has 0 atom stereocenters. The van der Waals surface area contributed by atoms with Crippen LogP contribution >= 0.6 is 11.3 Å². The van der Waals surface area contributed by atoms with Crippen molar-refractivity contribution in [2.45, 2.75) is 37.6 Å². The molecule has 0 bridgehead atoms. The molecule has 7 nitrogen and oxygen atoms in total. The average molecular weight is 536 g/mol. The third-order valence-electron chi connectivity index (χ3n) is 6.47. The number of sulfonamides is 1. The second kappa shape index (κ2) is 11.0. The van der Waals surface area contributed by atoms with Crippen LogP contribution in [0.5, 0.6) is 5.75 Å². The fraction of sp³-hybridized carbons (Fsp3) is 0.286. The number of esters is 1. The van der Waals surface area contributed by atoms with Gasteiger partial charge in [-0.3, -0.25) is 0 Å². The van der Waals surface area contributed by atoms with Gasteiger partial charge >= 0.3 is 5.97 Å². The van der Waals surface area contributed by atoms with Crippen molar-refractivity contribution in [2.75, 3.05) is 24.5 Å². The van der Waals surface area contributed by atoms with E-state index < -0.39 is 16.0 Å². The van der Waals surface area contributed by atoms with Gasteiger partial charge in [-0.1, -0.05) is 48.6 Å². The van der Waals surface area contributed by atoms with Gasteiger partial charge in [0.05, 0.1) is 20.7 Å². The standard InChI is InChI=1S/C28H29N3O4S2/c1-2-31(20-21-9-5-3-6-10-21)37(33,34)24-14-11-22(12-15-24)27(32)35-23-13-16-25-26(19-23)36-28(29-25)30-17-7-4-8-18-30/h3,5-6,9-16,19H,2,4,7-8,17-18,20H2,1H3. The van der Waals surface area contributed by atoms with E-state index in [1.54, 1.807) is 17.4 Å². The lowest BCUT2D eigenvalue weighted by Gasteiger charge is -2.25. The van der Waals surface area contributed by atoms with Crippen LogP contribution in [0.4, 0.5) is 5.13 Å². The number of benzene rings is 3. The first-order valence-electron chi connectivity index (χ1n) is 12.5. The molecule has 0 aliphatic carbocycles. The Labute approximate surface area is 221 Å². The Morgan fingerprint density at radius 1 is 1.00 bits per heavy atom. The first-order valence-corrected chi connectivity index (χ1v) is 14.7. The summed E-state index contributed by atoms with van der Waals surface area (Å²) in [4.78, 5) is 20.0. The summed E-state index contributed by atoms with van der Waals surface area (Å²) in [5, 5.41) is 1.00. The van der Waals surface area contributed by atoms with E-state index in [-0.39, 0.29) is 17.0 Å². The molecule has 2 heterocycles. The largest absolute Gasteiger partial charge is 0.423 e. The molecule has 0 N–H and O–H groups in total. The van der Waals surface area contributed by atoms with Crippen molar-refractivity contribution < 1.29 is 17.9 Å². The van der Waals surface area contributed by atoms with Crippen LogP contribution in [-0.4, -0.2) is 43.3 Å². The number of piperidine rings is 1. The van der Waals surface area contributed by atoms with Gasteiger partial charge in [0.15, 0.2) is 5.13 Å². The second-order valence-electron chi connectivity index (χ2n) is 9.00. The van der Waals surface area contributed by atoms with Crippen molar-refractivity contribution in [1.29, 1.82) is 0 Å². The molecule has 5 rings (SSSR count). The van der Waals surface area contributed by atoms with Crippen LogP contribution in [0.15, 0.2) is 77.7 Å². The van der Waals surface area contributed by atoms with Gasteiger partial charge < -0.3 is 9.64 Å². The van der Waals surface area contributed by atoms with Crippen LogP contribution in [0.25, 0.3) is 10.2 Å². The minimum atomic E-state index is -3.71. The van der Waals surface area contributed by atoms with Crippen molar-refractivity contribution in [3.05, 3.63) is 83.9 Å². The SMILES string of the molecule is CCN(Cc1ccccc1)S(=O)(=O)c1ccc(C(=O)Oc2ccc3nc(N4CCCCC4)sc3c2)cc1. The Bertz CT molecular complexity index is 1480. The van der Waals surface area contributed by atoms with Gasteiger partial charge in [-0.05, 0) is 61.2 Å². The number of rotatable bonds is 8. The molecule has 0 unspecified atom stereocenters. The zero-order chi connectivity index (χ0) is 25.8. The molecule has 0 amide bonds. The molecule has 1 saturated heterocycles. The van der Waals surface area contributed by atoms with Crippen molar-refractivity contribution in [1.82, 2.24) is 9.29 Å². The number of carbonyl (C=O) groups is 1. The number of nitrogens with zero attached hydrogens (tertiary/aromatic N) is 3. The molecule has 192 valence electrons. The minimum Gasteiger partial charge on any atom is -0.423 e. The van der Waals surface area contributed by atoms with Crippen LogP contribution < -0.4 is 9.64 Å². The van der Waals surface area contributed by atoms with Gasteiger partial charge in [0.2, 0.25) is 10.0 Å². The first-order chi connectivity index (χ1) is 17.9. The van der Waals surface area contributed by atoms with E-state index >= 15 is 0 Å². The molecule has 9 heteroatoms. The summed E-state index contributed by atoms with van der Waals surface area (Å²) in [6.07, 6.45) is 3.63. The van der Waals surface area contributed by atoms with E-state index in [1.165, 1.54) is 47.8 Å². The second-order valence-corrected chi connectivity index (χ2v) is 12.0. The summed E-state index contributed by atoms with van der Waals surface area (Å²) in [5.74, 6) is -0.108. The van der Waals surface area contributed by atoms with E-state index in [2.05, 4.69) is 4.90 Å². The number of hydrogen-bond donors (Lipinski definition) is 0. The lowest BCUT2D eigenvalue weighted by atomic mass is 10.1. The van der Waals surface area contributed by atoms with Gasteiger partial charge in [-0.2, -0.15) is 4.31 Å². The summed E-state index contributed by atoms with van der Waals surface area (Å²) in [7, 11) is -3.71. The quantitative estimate of drug-likeness (QED) is 0.212. The first kappa shape index (κ1) is 25.4. The van der Waals surface area contributed by atoms with Gasteiger partial charge in [-0.25, -0.2) is 18.2 Å². The highest BCUT2D eigenvalue weighted by molar-refractivity contribution is 7.89. The number of carbonyl (C=O) groups excluding carboxylic acids is 1. The molecule has 3 aromatic carbocycles. The molecular weight excluding hydrogens is 506 g/mol. The molecule has 37 heavy (non-hydrogen) atoms. The van der Waals surface area contributed by atoms with Gasteiger partial charge in [-0.15, -0.1) is 0 Å². The summed E-state index contributed by atoms with van der Waals surface area (Å²) in [5.41, 5.74) is 2.08. The number of hydrogen-bond acceptors (Lipinski definition) is 7. The van der Waals surface area contributed by atoms with Crippen LogP contribution in [0.1, 0.15) is 42.1 Å². The summed E-state index contributed by atoms with van der Waals surface area (Å²) < 4.78 is 34.3. The lowest BCUT2D eigenvalue weighted by Crippen LogP contribution is -2.30. The number of anilines is 1. The fourth-order valence-electron chi connectivity index (χ4n) is 4.41. The van der Waals surface area contributed by atoms with E-state index in [4.69, 9.17) is 9.72 Å². The number of aromatic nitrogens is 1. The van der Waals surface area contributed by atoms with Crippen molar-refractivity contribution in [3.8, 4) is 5.75 Å². The smallest absolute Gasteiger partial charge is 0.343 e. The van der Waals surface area contributed by atoms with E-state index in [0.29, 0.717) is 12.3 Å². The molecule has 1 aromatic heterocycles. The highest BCUT2D eigenvalue weighted by Crippen LogP contribution is 2.33. The summed E-state index contributed by atoms with van der Waals surface area (Å²) in [6, 6.07) is 20.8. The maximum atomic E-state index is 13.2. The Balaban J connectivity index is 1.28. The fourth-order valence-corrected chi connectivity index (χ4v) is 6.89. The monoisotopic (exact) mass is 535 g/mol. The van der Waals surface area contributed by atoms with Crippen molar-refractivity contribution in [3.63, 3.8) is 0 Å². The van der Waals surface area contributed by atoms with Crippen LogP contribution in [0, 0.1) is 0 Å². The van der Waals surface area contributed by atoms with E-state index in [1.807, 2.05) is 49.4 Å². The lowest BCUT2D eigenvalue weighted by molar-refractivity contribution is 0.0735.